The van der Waals surface area contributed by atoms with Crippen LogP contribution in [0.2, 0.25) is 0 Å². The number of para-hydroxylation sites is 1. The summed E-state index contributed by atoms with van der Waals surface area (Å²) in [5.74, 6) is 0.317. The van der Waals surface area contributed by atoms with Crippen molar-refractivity contribution in [3.05, 3.63) is 23.8 Å². The highest BCUT2D eigenvalue weighted by Crippen LogP contribution is 2.21. The van der Waals surface area contributed by atoms with Gasteiger partial charge in [0.15, 0.2) is 0 Å². The molecule has 3 N–H and O–H groups in total. The molecule has 2 amide bonds. The van der Waals surface area contributed by atoms with Crippen LogP contribution in [-0.2, 0) is 4.79 Å². The van der Waals surface area contributed by atoms with Gasteiger partial charge < -0.3 is 20.5 Å². The van der Waals surface area contributed by atoms with Crippen LogP contribution in [0.3, 0.4) is 0 Å². The lowest BCUT2D eigenvalue weighted by molar-refractivity contribution is -0.129. The molecule has 2 heterocycles. The van der Waals surface area contributed by atoms with Gasteiger partial charge in [-0.2, -0.15) is 0 Å². The fourth-order valence-electron chi connectivity index (χ4n) is 2.60. The highest BCUT2D eigenvalue weighted by Gasteiger charge is 2.21. The molecule has 0 spiro atoms. The Kier molecular flexibility index (Phi) is 3.25. The minimum atomic E-state index is -0.486. The van der Waals surface area contributed by atoms with E-state index in [-0.39, 0.29) is 5.91 Å². The summed E-state index contributed by atoms with van der Waals surface area (Å²) in [6.45, 7) is 4.36. The zero-order chi connectivity index (χ0) is 15.0. The minimum absolute atomic E-state index is 0.0928. The number of aromatic amines is 1. The number of hydrogen-bond donors (Lipinski definition) is 2. The standard InChI is InChI=1S/C14H17N5O2/c1-9(20)18-5-7-19(8-6-18)14-16-11-4-2-3-10(13(15)21)12(11)17-14/h2-4H,5-8H2,1H3,(H2,15,21)(H,16,17). The number of imidazole rings is 1. The first-order valence-corrected chi connectivity index (χ1v) is 6.85. The predicted molar refractivity (Wildman–Crippen MR) is 79.1 cm³/mol. The van der Waals surface area contributed by atoms with Gasteiger partial charge in [-0.3, -0.25) is 9.59 Å². The van der Waals surface area contributed by atoms with Crippen molar-refractivity contribution in [2.75, 3.05) is 31.1 Å². The Balaban J connectivity index is 1.87. The summed E-state index contributed by atoms with van der Waals surface area (Å²) in [4.78, 5) is 34.4. The summed E-state index contributed by atoms with van der Waals surface area (Å²) in [6, 6.07) is 5.31. The fourth-order valence-corrected chi connectivity index (χ4v) is 2.60. The maximum absolute atomic E-state index is 11.4. The number of nitrogens with one attached hydrogen (secondary N) is 1. The topological polar surface area (TPSA) is 95.3 Å². The van der Waals surface area contributed by atoms with Crippen molar-refractivity contribution in [2.24, 2.45) is 5.73 Å². The molecule has 1 aromatic carbocycles. The molecule has 0 unspecified atom stereocenters. The van der Waals surface area contributed by atoms with Crippen LogP contribution in [0.4, 0.5) is 5.95 Å². The summed E-state index contributed by atoms with van der Waals surface area (Å²) < 4.78 is 0. The van der Waals surface area contributed by atoms with Crippen LogP contribution >= 0.6 is 0 Å². The Bertz CT molecular complexity index is 700. The second kappa shape index (κ2) is 5.08. The van der Waals surface area contributed by atoms with E-state index in [0.29, 0.717) is 43.2 Å². The molecule has 110 valence electrons. The van der Waals surface area contributed by atoms with Crippen LogP contribution in [0.25, 0.3) is 11.0 Å². The highest BCUT2D eigenvalue weighted by atomic mass is 16.2. The first-order chi connectivity index (χ1) is 10.1. The van der Waals surface area contributed by atoms with Gasteiger partial charge in [0.25, 0.3) is 5.91 Å². The monoisotopic (exact) mass is 287 g/mol. The van der Waals surface area contributed by atoms with Gasteiger partial charge in [-0.25, -0.2) is 4.98 Å². The first kappa shape index (κ1) is 13.4. The Morgan fingerprint density at radius 1 is 1.24 bits per heavy atom. The third-order valence-corrected chi connectivity index (χ3v) is 3.79. The van der Waals surface area contributed by atoms with Gasteiger partial charge in [-0.05, 0) is 12.1 Å². The lowest BCUT2D eigenvalue weighted by Crippen LogP contribution is -2.48. The molecule has 0 bridgehead atoms. The van der Waals surface area contributed by atoms with Crippen LogP contribution < -0.4 is 10.6 Å². The average Bonchev–Trinajstić information content (AvgIpc) is 2.90. The van der Waals surface area contributed by atoms with E-state index in [9.17, 15) is 9.59 Å². The SMILES string of the molecule is CC(=O)N1CCN(c2nc3c(C(N)=O)cccc3[nH]2)CC1. The lowest BCUT2D eigenvalue weighted by atomic mass is 10.2. The molecule has 0 saturated carbocycles. The van der Waals surface area contributed by atoms with Gasteiger partial charge in [0, 0.05) is 33.1 Å². The molecule has 0 atom stereocenters. The zero-order valence-electron chi connectivity index (χ0n) is 11.8. The number of aromatic nitrogens is 2. The van der Waals surface area contributed by atoms with Crippen molar-refractivity contribution in [1.82, 2.24) is 14.9 Å². The number of nitrogens with two attached hydrogens (primary N) is 1. The minimum Gasteiger partial charge on any atom is -0.366 e. The third kappa shape index (κ3) is 2.42. The normalized spacial score (nSPS) is 15.5. The van der Waals surface area contributed by atoms with E-state index < -0.39 is 5.91 Å². The molecule has 7 nitrogen and oxygen atoms in total. The molecule has 1 fully saturated rings. The Hall–Kier alpha value is -2.57. The second-order valence-electron chi connectivity index (χ2n) is 5.12. The number of nitrogens with zero attached hydrogens (tertiary/aromatic N) is 3. The number of piperazine rings is 1. The molecule has 0 aliphatic carbocycles. The molecule has 0 radical (unpaired) electrons. The lowest BCUT2D eigenvalue weighted by Gasteiger charge is -2.33. The summed E-state index contributed by atoms with van der Waals surface area (Å²) in [5.41, 5.74) is 7.16. The van der Waals surface area contributed by atoms with E-state index in [4.69, 9.17) is 5.73 Å². The van der Waals surface area contributed by atoms with Crippen LogP contribution in [0.15, 0.2) is 18.2 Å². The van der Waals surface area contributed by atoms with Crippen molar-refractivity contribution in [1.29, 1.82) is 0 Å². The quantitative estimate of drug-likeness (QED) is 0.832. The molecule has 2 aromatic rings. The predicted octanol–water partition coefficient (Wildman–Crippen LogP) is 0.330. The molecular weight excluding hydrogens is 270 g/mol. The number of hydrogen-bond acceptors (Lipinski definition) is 4. The molecule has 3 rings (SSSR count). The van der Waals surface area contributed by atoms with Crippen molar-refractivity contribution in [3.63, 3.8) is 0 Å². The molecular formula is C14H17N5O2. The number of fused-ring (bicyclic) bond motifs is 1. The van der Waals surface area contributed by atoms with Gasteiger partial charge in [-0.15, -0.1) is 0 Å². The van der Waals surface area contributed by atoms with Crippen LogP contribution in [-0.4, -0.2) is 52.9 Å². The van der Waals surface area contributed by atoms with Crippen LogP contribution in [0.5, 0.6) is 0 Å². The van der Waals surface area contributed by atoms with E-state index in [0.717, 1.165) is 5.52 Å². The number of rotatable bonds is 2. The fraction of sp³-hybridized carbons (Fsp3) is 0.357. The van der Waals surface area contributed by atoms with Gasteiger partial charge in [0.05, 0.1) is 11.1 Å². The Labute approximate surface area is 121 Å². The smallest absolute Gasteiger partial charge is 0.250 e. The molecule has 7 heteroatoms. The average molecular weight is 287 g/mol. The number of primary amides is 1. The number of carbonyl (C=O) groups is 2. The summed E-state index contributed by atoms with van der Waals surface area (Å²) in [5, 5.41) is 0. The molecule has 1 saturated heterocycles. The summed E-state index contributed by atoms with van der Waals surface area (Å²) >= 11 is 0. The molecule has 1 aliphatic heterocycles. The molecule has 1 aliphatic rings. The Morgan fingerprint density at radius 2 is 1.95 bits per heavy atom. The van der Waals surface area contributed by atoms with Crippen LogP contribution in [0.1, 0.15) is 17.3 Å². The van der Waals surface area contributed by atoms with Crippen molar-refractivity contribution >= 4 is 28.8 Å². The largest absolute Gasteiger partial charge is 0.366 e. The van der Waals surface area contributed by atoms with Gasteiger partial charge in [-0.1, -0.05) is 6.07 Å². The second-order valence-corrected chi connectivity index (χ2v) is 5.12. The first-order valence-electron chi connectivity index (χ1n) is 6.85. The van der Waals surface area contributed by atoms with E-state index >= 15 is 0 Å². The van der Waals surface area contributed by atoms with E-state index in [1.807, 2.05) is 11.0 Å². The number of carbonyl (C=O) groups excluding carboxylic acids is 2. The van der Waals surface area contributed by atoms with Crippen LogP contribution in [0, 0.1) is 0 Å². The van der Waals surface area contributed by atoms with Crippen molar-refractivity contribution in [3.8, 4) is 0 Å². The Morgan fingerprint density at radius 3 is 2.57 bits per heavy atom. The maximum atomic E-state index is 11.4. The third-order valence-electron chi connectivity index (χ3n) is 3.79. The number of H-pyrrole nitrogens is 1. The van der Waals surface area contributed by atoms with Crippen molar-refractivity contribution < 1.29 is 9.59 Å². The number of amides is 2. The zero-order valence-corrected chi connectivity index (χ0v) is 11.8. The number of benzene rings is 1. The van der Waals surface area contributed by atoms with E-state index in [1.165, 1.54) is 0 Å². The van der Waals surface area contributed by atoms with Gasteiger partial charge in [0.1, 0.15) is 5.52 Å². The summed E-state index contributed by atoms with van der Waals surface area (Å²) in [6.07, 6.45) is 0. The summed E-state index contributed by atoms with van der Waals surface area (Å²) in [7, 11) is 0. The molecule has 1 aromatic heterocycles. The van der Waals surface area contributed by atoms with Crippen molar-refractivity contribution in [2.45, 2.75) is 6.92 Å². The van der Waals surface area contributed by atoms with Gasteiger partial charge in [0.2, 0.25) is 11.9 Å². The molecule has 21 heavy (non-hydrogen) atoms. The van der Waals surface area contributed by atoms with E-state index in [1.54, 1.807) is 19.1 Å². The van der Waals surface area contributed by atoms with Gasteiger partial charge >= 0.3 is 0 Å². The number of anilines is 1. The highest BCUT2D eigenvalue weighted by molar-refractivity contribution is 6.04. The maximum Gasteiger partial charge on any atom is 0.250 e. The van der Waals surface area contributed by atoms with E-state index in [2.05, 4.69) is 14.9 Å².